The quantitative estimate of drug-likeness (QED) is 0.128. The van der Waals surface area contributed by atoms with Gasteiger partial charge >= 0.3 is 0 Å². The van der Waals surface area contributed by atoms with Crippen molar-refractivity contribution >= 4 is 141 Å². The Kier molecular flexibility index (Phi) is 17.3. The Morgan fingerprint density at radius 1 is 0.107 bits per heavy atom. The minimum Gasteiger partial charge on any atom is -0.309 e. The lowest BCUT2D eigenvalue weighted by Crippen LogP contribution is -1.93. The average Bonchev–Trinajstić information content (AvgIpc) is 1.59. The molecule has 3 heterocycles. The van der Waals surface area contributed by atoms with Crippen molar-refractivity contribution in [2.75, 3.05) is 0 Å². The number of nitrogens with zero attached hydrogens (tertiary/aromatic N) is 3. The van der Waals surface area contributed by atoms with Crippen molar-refractivity contribution in [1.82, 2.24) is 13.7 Å². The number of fused-ring (bicyclic) bond motifs is 21. The molecule has 0 saturated heterocycles. The summed E-state index contributed by atoms with van der Waals surface area (Å²) in [6.45, 7) is 0. The van der Waals surface area contributed by atoms with Crippen molar-refractivity contribution in [3.05, 3.63) is 467 Å². The molecule has 0 saturated carbocycles. The van der Waals surface area contributed by atoms with Crippen molar-refractivity contribution in [2.45, 2.75) is 0 Å². The van der Waals surface area contributed by atoms with E-state index in [0.29, 0.717) is 0 Å². The normalized spacial score (nSPS) is 11.6. The van der Waals surface area contributed by atoms with E-state index in [9.17, 15) is 0 Å². The molecule has 0 aliphatic carbocycles. The van der Waals surface area contributed by atoms with E-state index in [1.165, 1.54) is 225 Å². The Morgan fingerprint density at radius 2 is 0.339 bits per heavy atom. The van der Waals surface area contributed by atoms with Crippen LogP contribution in [0.1, 0.15) is 0 Å². The van der Waals surface area contributed by atoms with E-state index in [1.807, 2.05) is 0 Å². The van der Waals surface area contributed by atoms with Gasteiger partial charge in [-0.3, -0.25) is 0 Å². The summed E-state index contributed by atoms with van der Waals surface area (Å²) in [6, 6.07) is 170. The third-order valence-electron chi connectivity index (χ3n) is 24.9. The first-order chi connectivity index (χ1) is 60.0. The summed E-state index contributed by atoms with van der Waals surface area (Å²) in [5.41, 5.74) is 25.7. The van der Waals surface area contributed by atoms with E-state index in [2.05, 4.69) is 481 Å². The molecule has 0 aliphatic rings. The van der Waals surface area contributed by atoms with Gasteiger partial charge in [0, 0.05) is 49.4 Å². The van der Waals surface area contributed by atoms with Crippen molar-refractivity contribution in [3.63, 3.8) is 0 Å². The van der Waals surface area contributed by atoms with Gasteiger partial charge in [-0.1, -0.05) is 364 Å². The number of rotatable bonds is 9. The van der Waals surface area contributed by atoms with Crippen LogP contribution < -0.4 is 0 Å². The summed E-state index contributed by atoms with van der Waals surface area (Å²) in [4.78, 5) is 0. The molecule has 25 aromatic rings. The van der Waals surface area contributed by atoms with E-state index in [4.69, 9.17) is 0 Å². The summed E-state index contributed by atoms with van der Waals surface area (Å²) in [7, 11) is 0. The molecule has 3 nitrogen and oxygen atoms in total. The predicted molar refractivity (Wildman–Crippen MR) is 518 cm³/mol. The number of aromatic nitrogens is 3. The van der Waals surface area contributed by atoms with Gasteiger partial charge < -0.3 is 13.7 Å². The monoisotopic (exact) mass is 1540 g/mol. The third-order valence-corrected chi connectivity index (χ3v) is 24.9. The summed E-state index contributed by atoms with van der Waals surface area (Å²) in [5.74, 6) is 0. The molecule has 0 unspecified atom stereocenters. The van der Waals surface area contributed by atoms with Gasteiger partial charge in [-0.05, 0) is 245 Å². The Hall–Kier alpha value is -15.9. The second-order valence-corrected chi connectivity index (χ2v) is 31.8. The van der Waals surface area contributed by atoms with E-state index in [1.54, 1.807) is 0 Å². The Balaban J connectivity index is 0.000000106. The fraction of sp³-hybridized carbons (Fsp3) is 0. The molecular formula is C118H77N3. The Morgan fingerprint density at radius 3 is 0.777 bits per heavy atom. The van der Waals surface area contributed by atoms with Crippen LogP contribution in [0.4, 0.5) is 0 Å². The smallest absolute Gasteiger partial charge is 0.0547 e. The second kappa shape index (κ2) is 29.7. The highest BCUT2D eigenvalue weighted by Crippen LogP contribution is 2.44. The molecule has 25 rings (SSSR count). The summed E-state index contributed by atoms with van der Waals surface area (Å²) in [5, 5.41) is 25.7. The molecule has 3 aromatic heterocycles. The van der Waals surface area contributed by atoms with Gasteiger partial charge in [-0.25, -0.2) is 0 Å². The molecule has 0 fully saturated rings. The minimum atomic E-state index is 1.17. The molecule has 121 heavy (non-hydrogen) atoms. The van der Waals surface area contributed by atoms with Crippen LogP contribution in [0.5, 0.6) is 0 Å². The van der Waals surface area contributed by atoms with Crippen LogP contribution in [-0.4, -0.2) is 13.7 Å². The molecule has 0 bridgehead atoms. The molecule has 22 aromatic carbocycles. The fourth-order valence-electron chi connectivity index (χ4n) is 19.1. The first-order valence-electron chi connectivity index (χ1n) is 41.7. The summed E-state index contributed by atoms with van der Waals surface area (Å²) >= 11 is 0. The molecule has 0 radical (unpaired) electrons. The van der Waals surface area contributed by atoms with Crippen LogP contribution >= 0.6 is 0 Å². The van der Waals surface area contributed by atoms with Crippen LogP contribution in [0, 0.1) is 0 Å². The van der Waals surface area contributed by atoms with E-state index >= 15 is 0 Å². The van der Waals surface area contributed by atoms with Gasteiger partial charge in [0.1, 0.15) is 0 Å². The van der Waals surface area contributed by atoms with Crippen molar-refractivity contribution < 1.29 is 0 Å². The van der Waals surface area contributed by atoms with Gasteiger partial charge in [-0.15, -0.1) is 0 Å². The number of hydrogen-bond donors (Lipinski definition) is 0. The molecule has 564 valence electrons. The van der Waals surface area contributed by atoms with Crippen molar-refractivity contribution in [2.24, 2.45) is 0 Å². The maximum atomic E-state index is 2.40. The molecule has 0 spiro atoms. The minimum absolute atomic E-state index is 1.17. The first kappa shape index (κ1) is 70.5. The van der Waals surface area contributed by atoms with E-state index < -0.39 is 0 Å². The zero-order valence-electron chi connectivity index (χ0n) is 66.3. The third kappa shape index (κ3) is 12.5. The fourth-order valence-corrected chi connectivity index (χ4v) is 19.1. The standard InChI is InChI=1S/2C42H27N.C34H23N/c1-2-8-28(9-3-1)29-16-21-35(22-17-29)43-40-13-7-6-12-39(40)42-38-24-19-32(27-34(38)20-25-41(42)43)31-18-23-37-33(26-31)15-14-30-10-4-5-11-36(30)37;1-2-8-28(9-3-1)29-18-22-35(23-19-29)43-40-13-7-6-12-38(40)42-37-24-20-32(26-34(37)21-25-41(42)43)33-17-16-31-15-14-30-10-4-5-11-36(30)39(31)27-33;1-3-9-24(10-4-1)25-15-17-26(18-16-25)28-20-19-27-21-22-33-34(31(27)23-28)30-13-7-8-14-32(30)35(33)29-11-5-2-6-12-29/h2*1-27H;1-23H. The lowest BCUT2D eigenvalue weighted by atomic mass is 9.95. The van der Waals surface area contributed by atoms with Crippen LogP contribution in [0.15, 0.2) is 467 Å². The van der Waals surface area contributed by atoms with Crippen LogP contribution in [-0.2, 0) is 0 Å². The summed E-state index contributed by atoms with van der Waals surface area (Å²) in [6.07, 6.45) is 0. The predicted octanol–water partition coefficient (Wildman–Crippen LogP) is 32.4. The molecular weight excluding hydrogens is 1460 g/mol. The van der Waals surface area contributed by atoms with Crippen molar-refractivity contribution in [3.8, 4) is 83.8 Å². The topological polar surface area (TPSA) is 14.8 Å². The SMILES string of the molecule is c1ccc(-c2ccc(-c3ccc4ccc5c(c4c3)c3ccccc3n5-c3ccccc3)cc2)cc1.c1ccc(-c2ccc(-n3c4ccccc4c4c5ccc(-c6ccc7c(ccc8ccccc87)c6)cc5ccc43)cc2)cc1.c1ccc(-c2ccc(-n3c4ccccc4c4c5ccc(-c6ccc7ccc8ccccc8c7c6)cc5ccc43)cc2)cc1. The zero-order chi connectivity index (χ0) is 79.9. The molecule has 0 atom stereocenters. The van der Waals surface area contributed by atoms with Gasteiger partial charge in [-0.2, -0.15) is 0 Å². The highest BCUT2D eigenvalue weighted by molar-refractivity contribution is 6.25. The van der Waals surface area contributed by atoms with E-state index in [0.717, 1.165) is 0 Å². The maximum Gasteiger partial charge on any atom is 0.0547 e. The first-order valence-corrected chi connectivity index (χ1v) is 41.7. The van der Waals surface area contributed by atoms with Crippen molar-refractivity contribution in [1.29, 1.82) is 0 Å². The Bertz CT molecular complexity index is 8330. The van der Waals surface area contributed by atoms with Gasteiger partial charge in [0.25, 0.3) is 0 Å². The molecule has 3 heteroatoms. The zero-order valence-corrected chi connectivity index (χ0v) is 66.3. The highest BCUT2D eigenvalue weighted by atomic mass is 15.0. The van der Waals surface area contributed by atoms with Crippen LogP contribution in [0.2, 0.25) is 0 Å². The summed E-state index contributed by atoms with van der Waals surface area (Å²) < 4.78 is 7.19. The van der Waals surface area contributed by atoms with Gasteiger partial charge in [0.2, 0.25) is 0 Å². The van der Waals surface area contributed by atoms with E-state index in [-0.39, 0.29) is 0 Å². The second-order valence-electron chi connectivity index (χ2n) is 31.8. The highest BCUT2D eigenvalue weighted by Gasteiger charge is 2.21. The number of para-hydroxylation sites is 4. The number of hydrogen-bond acceptors (Lipinski definition) is 0. The van der Waals surface area contributed by atoms with Gasteiger partial charge in [0.05, 0.1) is 33.1 Å². The van der Waals surface area contributed by atoms with Gasteiger partial charge in [0.15, 0.2) is 0 Å². The molecule has 0 aliphatic heterocycles. The largest absolute Gasteiger partial charge is 0.309 e. The lowest BCUT2D eigenvalue weighted by Gasteiger charge is -2.11. The Labute approximate surface area is 700 Å². The van der Waals surface area contributed by atoms with Crippen LogP contribution in [0.25, 0.3) is 225 Å². The average molecular weight is 1540 g/mol. The number of benzene rings is 22. The van der Waals surface area contributed by atoms with Crippen LogP contribution in [0.3, 0.4) is 0 Å². The molecule has 0 N–H and O–H groups in total. The maximum absolute atomic E-state index is 2.40. The lowest BCUT2D eigenvalue weighted by molar-refractivity contribution is 1.18. The molecule has 0 amide bonds.